The number of aromatic amines is 1. The normalized spacial score (nSPS) is 27.1. The van der Waals surface area contributed by atoms with Gasteiger partial charge in [-0.25, -0.2) is 33.0 Å². The van der Waals surface area contributed by atoms with Crippen molar-refractivity contribution >= 4 is 59.5 Å². The molecule has 260 valence electrons. The predicted molar refractivity (Wildman–Crippen MR) is 159 cm³/mol. The van der Waals surface area contributed by atoms with Crippen LogP contribution in [0.3, 0.4) is 0 Å². The standard InChI is InChI=1S/C20H31N10O14P3/c1-23-12-16(28-20(22)29-18(12)33)27-19-14(32)13(31)9(41-19)5-39-45(34)43-46(35)44-47(36,37)42-38-4-8-2-3-10(40-8)30-7-26-11-15(21)24-6-25-17(11)30/h6-10,13-14,19,23,31-32,34-35H,2-5H2,1H3,(H,36,37)(H2,21,24,25)(H4,22,27,28,29,33). The molecule has 12 N–H and O–H groups in total. The van der Waals surface area contributed by atoms with E-state index in [0.29, 0.717) is 24.0 Å². The lowest BCUT2D eigenvalue weighted by atomic mass is 10.1. The summed E-state index contributed by atoms with van der Waals surface area (Å²) in [7, 11) is -9.80. The number of hydrogen-bond donors (Lipinski definition) is 10. The molecule has 9 atom stereocenters. The molecule has 2 saturated heterocycles. The number of H-pyrrole nitrogens is 1. The molecule has 0 spiro atoms. The second kappa shape index (κ2) is 15.2. The van der Waals surface area contributed by atoms with Crippen molar-refractivity contribution in [1.29, 1.82) is 0 Å². The summed E-state index contributed by atoms with van der Waals surface area (Å²) >= 11 is 0. The van der Waals surface area contributed by atoms with Crippen LogP contribution in [0.1, 0.15) is 19.1 Å². The van der Waals surface area contributed by atoms with Crippen molar-refractivity contribution in [1.82, 2.24) is 29.5 Å². The molecule has 0 bridgehead atoms. The van der Waals surface area contributed by atoms with Crippen LogP contribution < -0.4 is 27.7 Å². The largest absolute Gasteiger partial charge is 0.506 e. The van der Waals surface area contributed by atoms with Gasteiger partial charge in [0.2, 0.25) is 5.95 Å². The second-order valence-electron chi connectivity index (χ2n) is 9.78. The molecule has 27 heteroatoms. The summed E-state index contributed by atoms with van der Waals surface area (Å²) in [5.74, 6) is -0.0854. The van der Waals surface area contributed by atoms with E-state index < -0.39 is 74.1 Å². The van der Waals surface area contributed by atoms with Crippen molar-refractivity contribution in [2.24, 2.45) is 0 Å². The quantitative estimate of drug-likeness (QED) is 0.0503. The van der Waals surface area contributed by atoms with Gasteiger partial charge >= 0.3 is 25.0 Å². The van der Waals surface area contributed by atoms with Crippen LogP contribution in [0.4, 0.5) is 23.3 Å². The minimum absolute atomic E-state index is 0.0227. The number of aliphatic hydroxyl groups excluding tert-OH is 2. The molecule has 9 unspecified atom stereocenters. The van der Waals surface area contributed by atoms with Crippen LogP contribution in [0.15, 0.2) is 17.4 Å². The zero-order chi connectivity index (χ0) is 33.9. The van der Waals surface area contributed by atoms with Gasteiger partial charge < -0.3 is 61.0 Å². The minimum atomic E-state index is -5.05. The second-order valence-corrected chi connectivity index (χ2v) is 13.4. The highest BCUT2D eigenvalue weighted by Gasteiger charge is 2.44. The SMILES string of the molecule is CNc1c(NC2OC(COP(O)OP(O)OP(=O)(O)OOCC3CCC(n4cnc5c(N)ncnc54)O3)C(O)C2O)nc(N)[nH]c1=O. The first-order chi connectivity index (χ1) is 22.3. The molecule has 0 saturated carbocycles. The van der Waals surface area contributed by atoms with Crippen LogP contribution in [0.25, 0.3) is 11.2 Å². The fourth-order valence-corrected chi connectivity index (χ4v) is 6.91. The predicted octanol–water partition coefficient (Wildman–Crippen LogP) is -1.11. The van der Waals surface area contributed by atoms with Crippen molar-refractivity contribution in [3.8, 4) is 0 Å². The molecule has 3 aromatic rings. The monoisotopic (exact) mass is 728 g/mol. The van der Waals surface area contributed by atoms with Crippen molar-refractivity contribution < 1.29 is 61.6 Å². The number of nitrogens with zero attached hydrogens (tertiary/aromatic N) is 5. The average molecular weight is 728 g/mol. The van der Waals surface area contributed by atoms with Crippen LogP contribution in [0, 0.1) is 0 Å². The number of aliphatic hydroxyl groups is 2. The van der Waals surface area contributed by atoms with Crippen LogP contribution in [-0.4, -0.2) is 105 Å². The molecule has 0 radical (unpaired) electrons. The summed E-state index contributed by atoms with van der Waals surface area (Å²) in [6.45, 7) is -0.875. The van der Waals surface area contributed by atoms with Gasteiger partial charge in [0.05, 0.1) is 19.0 Å². The Hall–Kier alpha value is -2.76. The van der Waals surface area contributed by atoms with Crippen molar-refractivity contribution in [2.45, 2.75) is 49.7 Å². The fraction of sp³-hybridized carbons (Fsp3) is 0.550. The van der Waals surface area contributed by atoms with Gasteiger partial charge in [0.15, 0.2) is 23.5 Å². The van der Waals surface area contributed by atoms with E-state index >= 15 is 0 Å². The third kappa shape index (κ3) is 8.64. The molecule has 3 aromatic heterocycles. The van der Waals surface area contributed by atoms with Gasteiger partial charge in [-0.15, -0.1) is 4.67 Å². The fourth-order valence-electron chi connectivity index (χ4n) is 4.57. The van der Waals surface area contributed by atoms with Crippen molar-refractivity contribution in [3.63, 3.8) is 0 Å². The van der Waals surface area contributed by atoms with Gasteiger partial charge in [-0.1, -0.05) is 0 Å². The van der Waals surface area contributed by atoms with Crippen LogP contribution >= 0.6 is 25.0 Å². The molecule has 2 aliphatic heterocycles. The molecule has 2 aliphatic rings. The van der Waals surface area contributed by atoms with Gasteiger partial charge in [0.25, 0.3) is 5.56 Å². The first-order valence-corrected chi connectivity index (χ1v) is 17.2. The number of fused-ring (bicyclic) bond motifs is 1. The maximum Gasteiger partial charge on any atom is 0.506 e. The third-order valence-electron chi connectivity index (χ3n) is 6.67. The zero-order valence-corrected chi connectivity index (χ0v) is 26.8. The lowest BCUT2D eigenvalue weighted by Crippen LogP contribution is -2.37. The van der Waals surface area contributed by atoms with E-state index in [-0.39, 0.29) is 29.9 Å². The molecule has 0 amide bonds. The number of rotatable bonds is 15. The highest BCUT2D eigenvalue weighted by molar-refractivity contribution is 7.62. The average Bonchev–Trinajstić information content (AvgIpc) is 3.71. The first-order valence-electron chi connectivity index (χ1n) is 13.4. The van der Waals surface area contributed by atoms with Gasteiger partial charge in [0.1, 0.15) is 48.7 Å². The Kier molecular flexibility index (Phi) is 11.5. The number of ether oxygens (including phenoxy) is 2. The van der Waals surface area contributed by atoms with Crippen molar-refractivity contribution in [2.75, 3.05) is 42.4 Å². The summed E-state index contributed by atoms with van der Waals surface area (Å²) in [5, 5.41) is 25.9. The molecular weight excluding hydrogens is 697 g/mol. The zero-order valence-electron chi connectivity index (χ0n) is 24.1. The third-order valence-corrected chi connectivity index (χ3v) is 9.84. The molecule has 24 nitrogen and oxygen atoms in total. The van der Waals surface area contributed by atoms with E-state index in [4.69, 9.17) is 30.4 Å². The minimum Gasteiger partial charge on any atom is -0.387 e. The Morgan fingerprint density at radius 2 is 1.94 bits per heavy atom. The number of aromatic nitrogens is 6. The summed E-state index contributed by atoms with van der Waals surface area (Å²) in [4.78, 5) is 65.0. The maximum absolute atomic E-state index is 12.2. The van der Waals surface area contributed by atoms with Crippen LogP contribution in [0.5, 0.6) is 0 Å². The van der Waals surface area contributed by atoms with E-state index in [2.05, 4.69) is 48.8 Å². The number of phosphoric acid groups is 1. The van der Waals surface area contributed by atoms with Gasteiger partial charge in [0, 0.05) is 7.05 Å². The number of nitrogens with one attached hydrogen (secondary N) is 3. The lowest BCUT2D eigenvalue weighted by molar-refractivity contribution is -0.240. The van der Waals surface area contributed by atoms with E-state index in [1.807, 2.05) is 0 Å². The summed E-state index contributed by atoms with van der Waals surface area (Å²) in [6.07, 6.45) is -2.84. The number of anilines is 4. The number of hydrogen-bond acceptors (Lipinski definition) is 21. The smallest absolute Gasteiger partial charge is 0.387 e. The molecule has 5 rings (SSSR count). The van der Waals surface area contributed by atoms with E-state index in [0.717, 1.165) is 0 Å². The number of imidazole rings is 1. The highest BCUT2D eigenvalue weighted by atomic mass is 31.3. The van der Waals surface area contributed by atoms with E-state index in [1.54, 1.807) is 4.57 Å². The Balaban J connectivity index is 1.02. The van der Waals surface area contributed by atoms with Gasteiger partial charge in [-0.2, -0.15) is 4.98 Å². The highest BCUT2D eigenvalue weighted by Crippen LogP contribution is 2.60. The molecule has 2 fully saturated rings. The Morgan fingerprint density at radius 3 is 2.70 bits per heavy atom. The number of nitrogen functional groups attached to an aromatic ring is 2. The molecule has 47 heavy (non-hydrogen) atoms. The summed E-state index contributed by atoms with van der Waals surface area (Å²) in [6, 6.07) is 0. The Labute approximate surface area is 265 Å². The Morgan fingerprint density at radius 1 is 1.15 bits per heavy atom. The van der Waals surface area contributed by atoms with E-state index in [9.17, 15) is 34.3 Å². The lowest BCUT2D eigenvalue weighted by Gasteiger charge is -2.19. The molecule has 5 heterocycles. The maximum atomic E-state index is 12.2. The Bertz CT molecular complexity index is 1640. The van der Waals surface area contributed by atoms with Gasteiger partial charge in [-0.3, -0.25) is 14.3 Å². The first kappa shape index (κ1) is 35.5. The summed E-state index contributed by atoms with van der Waals surface area (Å²) in [5.41, 5.74) is 11.6. The van der Waals surface area contributed by atoms with Crippen LogP contribution in [0.2, 0.25) is 0 Å². The number of nitrogens with two attached hydrogens (primary N) is 2. The van der Waals surface area contributed by atoms with E-state index in [1.165, 1.54) is 19.7 Å². The van der Waals surface area contributed by atoms with Crippen LogP contribution in [-0.2, 0) is 36.7 Å². The van der Waals surface area contributed by atoms with Crippen molar-refractivity contribution in [3.05, 3.63) is 23.0 Å². The summed E-state index contributed by atoms with van der Waals surface area (Å²) < 4.78 is 43.7. The topological polar surface area (TPSA) is 348 Å². The molecule has 0 aromatic carbocycles. The molecular formula is C20H31N10O14P3. The van der Waals surface area contributed by atoms with Gasteiger partial charge in [-0.05, 0) is 12.8 Å². The molecule has 0 aliphatic carbocycles.